The van der Waals surface area contributed by atoms with E-state index in [2.05, 4.69) is 12.1 Å². The molecule has 0 N–H and O–H groups in total. The third kappa shape index (κ3) is 3.02. The van der Waals surface area contributed by atoms with Crippen LogP contribution >= 0.6 is 11.6 Å². The van der Waals surface area contributed by atoms with Crippen molar-refractivity contribution in [2.75, 3.05) is 6.61 Å². The predicted molar refractivity (Wildman–Crippen MR) is 95.3 cm³/mol. The van der Waals surface area contributed by atoms with Crippen LogP contribution in [-0.4, -0.2) is 6.61 Å². The third-order valence-corrected chi connectivity index (χ3v) is 4.54. The maximum absolute atomic E-state index is 13.1. The fourth-order valence-electron chi connectivity index (χ4n) is 3.18. The minimum atomic E-state index is -0.208. The van der Waals surface area contributed by atoms with Crippen LogP contribution in [0.5, 0.6) is 5.75 Å². The van der Waals surface area contributed by atoms with Crippen molar-refractivity contribution in [2.45, 2.75) is 12.8 Å². The van der Waals surface area contributed by atoms with E-state index in [1.807, 2.05) is 36.4 Å². The Hall–Kier alpha value is -2.32. The molecule has 0 spiro atoms. The Morgan fingerprint density at radius 1 is 0.958 bits per heavy atom. The van der Waals surface area contributed by atoms with E-state index in [0.29, 0.717) is 11.6 Å². The third-order valence-electron chi connectivity index (χ3n) is 4.30. The van der Waals surface area contributed by atoms with Crippen molar-refractivity contribution in [3.63, 3.8) is 0 Å². The van der Waals surface area contributed by atoms with Crippen LogP contribution in [0.1, 0.15) is 16.7 Å². The van der Waals surface area contributed by atoms with Crippen molar-refractivity contribution in [3.8, 4) is 16.9 Å². The molecule has 1 aliphatic rings. The number of hydrogen-bond donors (Lipinski definition) is 0. The Balaban J connectivity index is 1.76. The topological polar surface area (TPSA) is 9.23 Å². The normalized spacial score (nSPS) is 12.8. The van der Waals surface area contributed by atoms with Gasteiger partial charge in [-0.3, -0.25) is 0 Å². The molecule has 0 saturated heterocycles. The average molecular weight is 339 g/mol. The summed E-state index contributed by atoms with van der Waals surface area (Å²) in [4.78, 5) is 0. The lowest BCUT2D eigenvalue weighted by Crippen LogP contribution is -1.93. The van der Waals surface area contributed by atoms with E-state index in [9.17, 15) is 4.39 Å². The lowest BCUT2D eigenvalue weighted by Gasteiger charge is -2.12. The van der Waals surface area contributed by atoms with E-state index in [-0.39, 0.29) is 5.82 Å². The van der Waals surface area contributed by atoms with Gasteiger partial charge in [-0.05, 0) is 59.0 Å². The molecule has 24 heavy (non-hydrogen) atoms. The highest BCUT2D eigenvalue weighted by Crippen LogP contribution is 2.39. The summed E-state index contributed by atoms with van der Waals surface area (Å²) in [5, 5.41) is 0.711. The van der Waals surface area contributed by atoms with E-state index in [0.717, 1.165) is 35.3 Å². The molecule has 0 unspecified atom stereocenters. The van der Waals surface area contributed by atoms with Crippen LogP contribution in [0.15, 0.2) is 60.7 Å². The number of benzene rings is 3. The summed E-state index contributed by atoms with van der Waals surface area (Å²) in [6.45, 7) is 0.711. The molecule has 0 radical (unpaired) electrons. The Morgan fingerprint density at radius 3 is 2.58 bits per heavy atom. The van der Waals surface area contributed by atoms with Gasteiger partial charge in [-0.1, -0.05) is 41.9 Å². The second-order valence-electron chi connectivity index (χ2n) is 6.04. The van der Waals surface area contributed by atoms with Crippen molar-refractivity contribution < 1.29 is 9.13 Å². The quantitative estimate of drug-likeness (QED) is 0.597. The van der Waals surface area contributed by atoms with Gasteiger partial charge in [-0.2, -0.15) is 0 Å². The van der Waals surface area contributed by atoms with E-state index in [1.165, 1.54) is 23.3 Å². The second kappa shape index (κ2) is 6.29. The molecule has 1 nitrogen and oxygen atoms in total. The predicted octanol–water partition coefficient (Wildman–Crippen LogP) is 5.67. The summed E-state index contributed by atoms with van der Waals surface area (Å²) in [5.41, 5.74) is 5.64. The maximum atomic E-state index is 13.1. The summed E-state index contributed by atoms with van der Waals surface area (Å²) in [7, 11) is 0. The highest BCUT2D eigenvalue weighted by atomic mass is 35.5. The molecule has 0 aliphatic carbocycles. The zero-order chi connectivity index (χ0) is 16.5. The van der Waals surface area contributed by atoms with Crippen LogP contribution < -0.4 is 4.74 Å². The molecule has 0 atom stereocenters. The average Bonchev–Trinajstić information content (AvgIpc) is 3.05. The highest BCUT2D eigenvalue weighted by Gasteiger charge is 2.19. The van der Waals surface area contributed by atoms with Crippen molar-refractivity contribution in [1.29, 1.82) is 0 Å². The molecule has 0 fully saturated rings. The van der Waals surface area contributed by atoms with Crippen LogP contribution in [0.4, 0.5) is 4.39 Å². The van der Waals surface area contributed by atoms with Gasteiger partial charge in [0.15, 0.2) is 0 Å². The fraction of sp³-hybridized carbons (Fsp3) is 0.143. The monoisotopic (exact) mass is 338 g/mol. The van der Waals surface area contributed by atoms with E-state index in [4.69, 9.17) is 16.3 Å². The lowest BCUT2D eigenvalue weighted by atomic mass is 9.95. The van der Waals surface area contributed by atoms with Crippen molar-refractivity contribution in [3.05, 3.63) is 88.2 Å². The van der Waals surface area contributed by atoms with Crippen LogP contribution in [0.25, 0.3) is 11.1 Å². The molecule has 3 heteroatoms. The zero-order valence-corrected chi connectivity index (χ0v) is 13.8. The summed E-state index contributed by atoms with van der Waals surface area (Å²) in [5.74, 6) is 0.751. The molecule has 0 aromatic heterocycles. The van der Waals surface area contributed by atoms with Gasteiger partial charge in [-0.15, -0.1) is 0 Å². The zero-order valence-electron chi connectivity index (χ0n) is 13.1. The Morgan fingerprint density at radius 2 is 1.79 bits per heavy atom. The van der Waals surface area contributed by atoms with Gasteiger partial charge < -0.3 is 4.74 Å². The second-order valence-corrected chi connectivity index (χ2v) is 6.48. The van der Waals surface area contributed by atoms with Crippen molar-refractivity contribution in [2.24, 2.45) is 0 Å². The summed E-state index contributed by atoms with van der Waals surface area (Å²) in [6.07, 6.45) is 1.68. The first-order chi connectivity index (χ1) is 11.7. The minimum absolute atomic E-state index is 0.208. The Bertz CT molecular complexity index is 887. The molecule has 1 aliphatic heterocycles. The van der Waals surface area contributed by atoms with Gasteiger partial charge >= 0.3 is 0 Å². The summed E-state index contributed by atoms with van der Waals surface area (Å²) in [6, 6.07) is 18.8. The van der Waals surface area contributed by atoms with Gasteiger partial charge in [-0.25, -0.2) is 4.39 Å². The molecule has 4 rings (SSSR count). The van der Waals surface area contributed by atoms with Crippen LogP contribution in [0.3, 0.4) is 0 Å². The number of fused-ring (bicyclic) bond motifs is 1. The molecular formula is C21H16ClFO. The Kier molecular flexibility index (Phi) is 3.99. The molecule has 3 aromatic rings. The number of rotatable bonds is 3. The standard InChI is InChI=1S/C21H16ClFO/c22-18-3-1-2-16(13-18)20-12-15(11-17-8-9-24-21(17)20)10-14-4-6-19(23)7-5-14/h1-7,11-13H,8-10H2. The smallest absolute Gasteiger partial charge is 0.130 e. The number of halogens is 2. The summed E-state index contributed by atoms with van der Waals surface area (Å²) >= 11 is 6.15. The van der Waals surface area contributed by atoms with Gasteiger partial charge in [0.25, 0.3) is 0 Å². The van der Waals surface area contributed by atoms with E-state index >= 15 is 0 Å². The van der Waals surface area contributed by atoms with Crippen LogP contribution in [0, 0.1) is 5.82 Å². The lowest BCUT2D eigenvalue weighted by molar-refractivity contribution is 0.358. The molecular weight excluding hydrogens is 323 g/mol. The Labute approximate surface area is 145 Å². The fourth-order valence-corrected chi connectivity index (χ4v) is 3.37. The van der Waals surface area contributed by atoms with Gasteiger partial charge in [0.2, 0.25) is 0 Å². The molecule has 1 heterocycles. The first kappa shape index (κ1) is 15.2. The van der Waals surface area contributed by atoms with Crippen LogP contribution in [0.2, 0.25) is 5.02 Å². The van der Waals surface area contributed by atoms with Crippen LogP contribution in [-0.2, 0) is 12.8 Å². The summed E-state index contributed by atoms with van der Waals surface area (Å²) < 4.78 is 19.0. The highest BCUT2D eigenvalue weighted by molar-refractivity contribution is 6.30. The first-order valence-corrected chi connectivity index (χ1v) is 8.36. The largest absolute Gasteiger partial charge is 0.492 e. The minimum Gasteiger partial charge on any atom is -0.492 e. The molecule has 0 amide bonds. The van der Waals surface area contributed by atoms with Gasteiger partial charge in [0, 0.05) is 17.0 Å². The number of hydrogen-bond acceptors (Lipinski definition) is 1. The van der Waals surface area contributed by atoms with E-state index < -0.39 is 0 Å². The molecule has 120 valence electrons. The van der Waals surface area contributed by atoms with Crippen molar-refractivity contribution in [1.82, 2.24) is 0 Å². The van der Waals surface area contributed by atoms with Gasteiger partial charge in [0.05, 0.1) is 6.61 Å². The molecule has 0 bridgehead atoms. The van der Waals surface area contributed by atoms with Crippen molar-refractivity contribution >= 4 is 11.6 Å². The SMILES string of the molecule is Fc1ccc(Cc2cc3c(c(-c4cccc(Cl)c4)c2)OCC3)cc1. The van der Waals surface area contributed by atoms with Gasteiger partial charge in [0.1, 0.15) is 11.6 Å². The van der Waals surface area contributed by atoms with E-state index in [1.54, 1.807) is 0 Å². The number of ether oxygens (including phenoxy) is 1. The molecule has 3 aromatic carbocycles. The first-order valence-electron chi connectivity index (χ1n) is 7.98. The molecule has 0 saturated carbocycles. The maximum Gasteiger partial charge on any atom is 0.130 e.